The van der Waals surface area contributed by atoms with Gasteiger partial charge in [-0.3, -0.25) is 4.79 Å². The highest BCUT2D eigenvalue weighted by atomic mass is 16.5. The number of amides is 1. The number of hydrogen-bond acceptors (Lipinski definition) is 5. The van der Waals surface area contributed by atoms with Gasteiger partial charge in [0, 0.05) is 24.7 Å². The summed E-state index contributed by atoms with van der Waals surface area (Å²) in [4.78, 5) is 16.6. The molecular weight excluding hydrogens is 308 g/mol. The molecule has 0 aliphatic rings. The summed E-state index contributed by atoms with van der Waals surface area (Å²) in [6.45, 7) is 0. The Kier molecular flexibility index (Phi) is 4.42. The van der Waals surface area contributed by atoms with E-state index in [0.717, 1.165) is 0 Å². The predicted molar refractivity (Wildman–Crippen MR) is 88.9 cm³/mol. The zero-order valence-electron chi connectivity index (χ0n) is 13.3. The second-order valence-electron chi connectivity index (χ2n) is 4.88. The van der Waals surface area contributed by atoms with Crippen molar-refractivity contribution in [2.24, 2.45) is 0 Å². The lowest BCUT2D eigenvalue weighted by molar-refractivity contribution is 0.102. The summed E-state index contributed by atoms with van der Waals surface area (Å²) in [5.41, 5.74) is 0.989. The van der Waals surface area contributed by atoms with Crippen LogP contribution in [0.5, 0.6) is 11.5 Å². The van der Waals surface area contributed by atoms with Gasteiger partial charge in [-0.15, -0.1) is 0 Å². The molecule has 0 spiro atoms. The highest BCUT2D eigenvalue weighted by Crippen LogP contribution is 2.29. The number of rotatable bonds is 5. The van der Waals surface area contributed by atoms with Crippen LogP contribution < -0.4 is 14.8 Å². The number of carbonyl (C=O) groups is 1. The third-order valence-electron chi connectivity index (χ3n) is 3.41. The number of hydrogen-bond donors (Lipinski definition) is 1. The van der Waals surface area contributed by atoms with Gasteiger partial charge in [-0.25, -0.2) is 9.67 Å². The molecule has 7 nitrogen and oxygen atoms in total. The van der Waals surface area contributed by atoms with Gasteiger partial charge in [0.15, 0.2) is 5.82 Å². The van der Waals surface area contributed by atoms with Crippen molar-refractivity contribution in [3.63, 3.8) is 0 Å². The maximum Gasteiger partial charge on any atom is 0.257 e. The third-order valence-corrected chi connectivity index (χ3v) is 3.41. The van der Waals surface area contributed by atoms with Gasteiger partial charge in [-0.05, 0) is 30.3 Å². The van der Waals surface area contributed by atoms with E-state index in [4.69, 9.17) is 9.47 Å². The molecule has 0 saturated carbocycles. The van der Waals surface area contributed by atoms with E-state index in [1.54, 1.807) is 60.6 Å². The van der Waals surface area contributed by atoms with Gasteiger partial charge in [0.2, 0.25) is 0 Å². The monoisotopic (exact) mass is 324 g/mol. The van der Waals surface area contributed by atoms with Crippen LogP contribution >= 0.6 is 0 Å². The minimum Gasteiger partial charge on any atom is -0.497 e. The van der Waals surface area contributed by atoms with Crippen LogP contribution in [0.4, 0.5) is 5.69 Å². The Balaban J connectivity index is 1.77. The molecule has 0 fully saturated rings. The normalized spacial score (nSPS) is 10.2. The van der Waals surface area contributed by atoms with Gasteiger partial charge in [0.25, 0.3) is 5.91 Å². The zero-order valence-corrected chi connectivity index (χ0v) is 13.3. The molecular formula is C17H16N4O3. The minimum absolute atomic E-state index is 0.280. The van der Waals surface area contributed by atoms with Crippen LogP contribution in [-0.4, -0.2) is 34.9 Å². The number of aromatic nitrogens is 3. The summed E-state index contributed by atoms with van der Waals surface area (Å²) < 4.78 is 12.0. The summed E-state index contributed by atoms with van der Waals surface area (Å²) in [7, 11) is 3.10. The molecule has 2 aromatic heterocycles. The zero-order chi connectivity index (χ0) is 16.9. The van der Waals surface area contributed by atoms with E-state index < -0.39 is 0 Å². The number of ether oxygens (including phenoxy) is 2. The fraction of sp³-hybridized carbons (Fsp3) is 0.118. The van der Waals surface area contributed by atoms with Crippen LogP contribution in [-0.2, 0) is 0 Å². The fourth-order valence-electron chi connectivity index (χ4n) is 2.16. The first-order chi connectivity index (χ1) is 11.7. The van der Waals surface area contributed by atoms with Gasteiger partial charge >= 0.3 is 0 Å². The fourth-order valence-corrected chi connectivity index (χ4v) is 2.16. The Bertz CT molecular complexity index is 830. The summed E-state index contributed by atoms with van der Waals surface area (Å²) in [5.74, 6) is 1.52. The number of benzene rings is 1. The quantitative estimate of drug-likeness (QED) is 0.780. The second kappa shape index (κ2) is 6.82. The Labute approximate surface area is 138 Å². The molecule has 0 bridgehead atoms. The highest BCUT2D eigenvalue weighted by Gasteiger charge is 2.11. The summed E-state index contributed by atoms with van der Waals surface area (Å²) in [6.07, 6.45) is 4.95. The summed E-state index contributed by atoms with van der Waals surface area (Å²) in [5, 5.41) is 6.89. The SMILES string of the molecule is COc1ccc(NC(=O)c2ccc(-n3cccn3)nc2)c(OC)c1. The van der Waals surface area contributed by atoms with Gasteiger partial charge < -0.3 is 14.8 Å². The van der Waals surface area contributed by atoms with E-state index in [2.05, 4.69) is 15.4 Å². The lowest BCUT2D eigenvalue weighted by Crippen LogP contribution is -2.13. The molecule has 3 aromatic rings. The molecule has 3 rings (SSSR count). The van der Waals surface area contributed by atoms with E-state index in [1.165, 1.54) is 13.3 Å². The molecule has 122 valence electrons. The van der Waals surface area contributed by atoms with Crippen LogP contribution in [0.2, 0.25) is 0 Å². The van der Waals surface area contributed by atoms with Gasteiger partial charge in [-0.1, -0.05) is 0 Å². The Hall–Kier alpha value is -3.35. The highest BCUT2D eigenvalue weighted by molar-refractivity contribution is 6.04. The maximum absolute atomic E-state index is 12.4. The Morgan fingerprint density at radius 1 is 1.17 bits per heavy atom. The number of nitrogens with one attached hydrogen (secondary N) is 1. The first kappa shape index (κ1) is 15.5. The Morgan fingerprint density at radius 3 is 2.67 bits per heavy atom. The maximum atomic E-state index is 12.4. The van der Waals surface area contributed by atoms with Gasteiger partial charge in [0.05, 0.1) is 25.5 Å². The second-order valence-corrected chi connectivity index (χ2v) is 4.88. The van der Waals surface area contributed by atoms with Crippen molar-refractivity contribution in [2.45, 2.75) is 0 Å². The van der Waals surface area contributed by atoms with Crippen molar-refractivity contribution in [3.05, 3.63) is 60.6 Å². The van der Waals surface area contributed by atoms with Crippen molar-refractivity contribution < 1.29 is 14.3 Å². The van der Waals surface area contributed by atoms with Crippen molar-refractivity contribution >= 4 is 11.6 Å². The third kappa shape index (κ3) is 3.19. The summed E-state index contributed by atoms with van der Waals surface area (Å²) in [6, 6.07) is 10.4. The Morgan fingerprint density at radius 2 is 2.04 bits per heavy atom. The van der Waals surface area contributed by atoms with Gasteiger partial charge in [-0.2, -0.15) is 5.10 Å². The first-order valence-electron chi connectivity index (χ1n) is 7.20. The molecule has 7 heteroatoms. The van der Waals surface area contributed by atoms with Crippen molar-refractivity contribution in [1.29, 1.82) is 0 Å². The lowest BCUT2D eigenvalue weighted by atomic mass is 10.2. The molecule has 0 aliphatic carbocycles. The largest absolute Gasteiger partial charge is 0.497 e. The van der Waals surface area contributed by atoms with Crippen LogP contribution in [0, 0.1) is 0 Å². The molecule has 0 aliphatic heterocycles. The molecule has 0 saturated heterocycles. The molecule has 1 amide bonds. The number of nitrogens with zero attached hydrogens (tertiary/aromatic N) is 3. The smallest absolute Gasteiger partial charge is 0.257 e. The summed E-state index contributed by atoms with van der Waals surface area (Å²) >= 11 is 0. The average Bonchev–Trinajstić information content (AvgIpc) is 3.16. The molecule has 0 radical (unpaired) electrons. The topological polar surface area (TPSA) is 78.3 Å². The van der Waals surface area contributed by atoms with E-state index in [0.29, 0.717) is 28.6 Å². The first-order valence-corrected chi connectivity index (χ1v) is 7.20. The van der Waals surface area contributed by atoms with Crippen molar-refractivity contribution in [1.82, 2.24) is 14.8 Å². The molecule has 2 heterocycles. The van der Waals surface area contributed by atoms with E-state index in [1.807, 2.05) is 0 Å². The van der Waals surface area contributed by atoms with Crippen LogP contribution in [0.25, 0.3) is 5.82 Å². The predicted octanol–water partition coefficient (Wildman–Crippen LogP) is 2.54. The average molecular weight is 324 g/mol. The van der Waals surface area contributed by atoms with Crippen LogP contribution in [0.3, 0.4) is 0 Å². The van der Waals surface area contributed by atoms with Crippen LogP contribution in [0.1, 0.15) is 10.4 Å². The van der Waals surface area contributed by atoms with Gasteiger partial charge in [0.1, 0.15) is 11.5 Å². The molecule has 1 N–H and O–H groups in total. The van der Waals surface area contributed by atoms with E-state index in [-0.39, 0.29) is 5.91 Å². The lowest BCUT2D eigenvalue weighted by Gasteiger charge is -2.11. The van der Waals surface area contributed by atoms with Crippen molar-refractivity contribution in [3.8, 4) is 17.3 Å². The molecule has 1 aromatic carbocycles. The van der Waals surface area contributed by atoms with Crippen LogP contribution in [0.15, 0.2) is 55.0 Å². The number of carbonyl (C=O) groups excluding carboxylic acids is 1. The number of anilines is 1. The number of methoxy groups -OCH3 is 2. The molecule has 0 unspecified atom stereocenters. The minimum atomic E-state index is -0.280. The molecule has 24 heavy (non-hydrogen) atoms. The van der Waals surface area contributed by atoms with E-state index >= 15 is 0 Å². The van der Waals surface area contributed by atoms with E-state index in [9.17, 15) is 4.79 Å². The molecule has 0 atom stereocenters. The number of pyridine rings is 1. The standard InChI is InChI=1S/C17H16N4O3/c1-23-13-5-6-14(15(10-13)24-2)20-17(22)12-4-7-16(18-11-12)21-9-3-8-19-21/h3-11H,1-2H3,(H,20,22). The van der Waals surface area contributed by atoms with Crippen molar-refractivity contribution in [2.75, 3.05) is 19.5 Å².